The molecule has 2 heterocycles. The molecular weight excluding hydrogens is 494 g/mol. The van der Waals surface area contributed by atoms with Crippen LogP contribution in [0.15, 0.2) is 103 Å². The Morgan fingerprint density at radius 3 is 2.13 bits per heavy atom. The molecule has 2 atom stereocenters. The van der Waals surface area contributed by atoms with Gasteiger partial charge in [-0.05, 0) is 33.7 Å². The van der Waals surface area contributed by atoms with Crippen LogP contribution in [0.25, 0.3) is 21.5 Å². The average molecular weight is 520 g/mol. The zero-order chi connectivity index (χ0) is 27.3. The fraction of sp³-hybridized carbons (Fsp3) is 0.156. The Hall–Kier alpha value is -4.75. The predicted octanol–water partition coefficient (Wildman–Crippen LogP) is 5.14. The number of hydrogen-bond acceptors (Lipinski definition) is 6. The number of esters is 2. The number of methoxy groups -OCH3 is 2. The molecule has 1 spiro atoms. The van der Waals surface area contributed by atoms with Gasteiger partial charge in [-0.1, -0.05) is 72.8 Å². The maximum atomic E-state index is 14.3. The van der Waals surface area contributed by atoms with Gasteiger partial charge in [0.25, 0.3) is 5.91 Å². The van der Waals surface area contributed by atoms with Crippen molar-refractivity contribution < 1.29 is 28.6 Å². The Labute approximate surface area is 224 Å². The molecule has 0 bridgehead atoms. The summed E-state index contributed by atoms with van der Waals surface area (Å²) in [6.07, 6.45) is 0.490. The van der Waals surface area contributed by atoms with Crippen molar-refractivity contribution in [2.75, 3.05) is 25.7 Å². The molecule has 0 unspecified atom stereocenters. The number of carbonyl (C=O) groups excluding carboxylic acids is 3. The molecule has 2 aliphatic rings. The number of carbonyl (C=O) groups is 3. The van der Waals surface area contributed by atoms with Crippen LogP contribution in [0.3, 0.4) is 0 Å². The van der Waals surface area contributed by atoms with E-state index >= 15 is 0 Å². The molecule has 0 radical (unpaired) electrons. The summed E-state index contributed by atoms with van der Waals surface area (Å²) in [5.41, 5.74) is -0.479. The van der Waals surface area contributed by atoms with Crippen LogP contribution in [0.5, 0.6) is 0 Å². The second-order valence-electron chi connectivity index (χ2n) is 9.41. The van der Waals surface area contributed by atoms with E-state index in [0.29, 0.717) is 16.8 Å². The van der Waals surface area contributed by atoms with Crippen LogP contribution >= 0.6 is 0 Å². The summed E-state index contributed by atoms with van der Waals surface area (Å²) in [5, 5.41) is 3.49. The molecule has 7 nitrogen and oxygen atoms in total. The zero-order valence-electron chi connectivity index (χ0n) is 21.5. The molecule has 0 aromatic heterocycles. The Kier molecular flexibility index (Phi) is 5.81. The first-order valence-electron chi connectivity index (χ1n) is 12.5. The van der Waals surface area contributed by atoms with Crippen molar-refractivity contribution in [2.24, 2.45) is 0 Å². The molecule has 0 saturated carbocycles. The van der Waals surface area contributed by atoms with E-state index in [9.17, 15) is 14.4 Å². The molecular formula is C32H25NO6. The molecule has 39 heavy (non-hydrogen) atoms. The second-order valence-corrected chi connectivity index (χ2v) is 9.41. The van der Waals surface area contributed by atoms with Gasteiger partial charge in [0.1, 0.15) is 6.10 Å². The molecule has 194 valence electrons. The Morgan fingerprint density at radius 1 is 0.923 bits per heavy atom. The lowest BCUT2D eigenvalue weighted by atomic mass is 9.84. The highest BCUT2D eigenvalue weighted by Crippen LogP contribution is 2.58. The van der Waals surface area contributed by atoms with Crippen LogP contribution in [0.4, 0.5) is 5.69 Å². The SMILES string of the molecule is C=CCN1C(=O)[C@@]2(O[C@@H](c3c4ccccc4cc4ccccc34)C(C(=O)OC)=C2C(=O)OC)c2ccccc21. The third-order valence-electron chi connectivity index (χ3n) is 7.48. The van der Waals surface area contributed by atoms with E-state index in [2.05, 4.69) is 12.6 Å². The maximum Gasteiger partial charge on any atom is 0.338 e. The number of nitrogens with zero attached hydrogens (tertiary/aromatic N) is 1. The molecule has 6 rings (SSSR count). The minimum atomic E-state index is -1.92. The van der Waals surface area contributed by atoms with E-state index in [1.807, 2.05) is 48.5 Å². The van der Waals surface area contributed by atoms with Gasteiger partial charge in [-0.3, -0.25) is 4.79 Å². The van der Waals surface area contributed by atoms with E-state index in [4.69, 9.17) is 14.2 Å². The quantitative estimate of drug-likeness (QED) is 0.206. The third-order valence-corrected chi connectivity index (χ3v) is 7.48. The smallest absolute Gasteiger partial charge is 0.338 e. The Bertz CT molecular complexity index is 1680. The number of anilines is 1. The highest BCUT2D eigenvalue weighted by Gasteiger charge is 2.64. The van der Waals surface area contributed by atoms with Crippen molar-refractivity contribution in [3.63, 3.8) is 0 Å². The number of fused-ring (bicyclic) bond motifs is 4. The van der Waals surface area contributed by atoms with Crippen molar-refractivity contribution in [1.29, 1.82) is 0 Å². The molecule has 4 aromatic rings. The molecule has 4 aromatic carbocycles. The van der Waals surface area contributed by atoms with Gasteiger partial charge in [0.2, 0.25) is 5.60 Å². The van der Waals surface area contributed by atoms with E-state index < -0.39 is 29.6 Å². The van der Waals surface area contributed by atoms with Gasteiger partial charge in [-0.25, -0.2) is 9.59 Å². The summed E-state index contributed by atoms with van der Waals surface area (Å²) in [7, 11) is 2.45. The normalized spacial score (nSPS) is 20.1. The summed E-state index contributed by atoms with van der Waals surface area (Å²) < 4.78 is 17.2. The van der Waals surface area contributed by atoms with Gasteiger partial charge >= 0.3 is 11.9 Å². The fourth-order valence-electron chi connectivity index (χ4n) is 5.91. The number of benzene rings is 4. The molecule has 2 aliphatic heterocycles. The summed E-state index contributed by atoms with van der Waals surface area (Å²) >= 11 is 0. The molecule has 0 N–H and O–H groups in total. The summed E-state index contributed by atoms with van der Waals surface area (Å²) in [6, 6.07) is 24.6. The molecule has 0 aliphatic carbocycles. The van der Waals surface area contributed by atoms with Crippen molar-refractivity contribution in [3.05, 3.63) is 114 Å². The number of ether oxygens (including phenoxy) is 3. The van der Waals surface area contributed by atoms with E-state index in [-0.39, 0.29) is 17.7 Å². The largest absolute Gasteiger partial charge is 0.466 e. The highest BCUT2D eigenvalue weighted by atomic mass is 16.6. The standard InChI is InChI=1S/C32H25NO6/c1-4-17-33-24-16-10-9-15-23(24)32(31(33)36)27(30(35)38-3)26(29(34)37-2)28(39-32)25-21-13-7-5-11-19(21)18-20-12-6-8-14-22(20)25/h4-16,18,28H,1,17H2,2-3H3/t28-,32+/m0/s1. The number of rotatable bonds is 5. The van der Waals surface area contributed by atoms with E-state index in [1.165, 1.54) is 19.1 Å². The van der Waals surface area contributed by atoms with Gasteiger partial charge in [-0.15, -0.1) is 6.58 Å². The summed E-state index contributed by atoms with van der Waals surface area (Å²) in [5.74, 6) is -2.12. The number of para-hydroxylation sites is 1. The van der Waals surface area contributed by atoms with Gasteiger partial charge < -0.3 is 19.1 Å². The van der Waals surface area contributed by atoms with Gasteiger partial charge in [0.05, 0.1) is 31.1 Å². The van der Waals surface area contributed by atoms with Crippen LogP contribution in [0.2, 0.25) is 0 Å². The van der Waals surface area contributed by atoms with Crippen molar-refractivity contribution in [3.8, 4) is 0 Å². The van der Waals surface area contributed by atoms with Gasteiger partial charge in [0.15, 0.2) is 0 Å². The predicted molar refractivity (Wildman–Crippen MR) is 147 cm³/mol. The summed E-state index contributed by atoms with van der Waals surface area (Å²) in [4.78, 5) is 43.0. The Morgan fingerprint density at radius 2 is 1.51 bits per heavy atom. The lowest BCUT2D eigenvalue weighted by molar-refractivity contribution is -0.148. The minimum Gasteiger partial charge on any atom is -0.466 e. The first-order valence-corrected chi connectivity index (χ1v) is 12.5. The van der Waals surface area contributed by atoms with Crippen molar-refractivity contribution in [2.45, 2.75) is 11.7 Å². The minimum absolute atomic E-state index is 0.0607. The lowest BCUT2D eigenvalue weighted by Crippen LogP contribution is -2.44. The first-order chi connectivity index (χ1) is 19.0. The average Bonchev–Trinajstić information content (AvgIpc) is 3.44. The van der Waals surface area contributed by atoms with Crippen molar-refractivity contribution >= 4 is 45.1 Å². The number of amides is 1. The Balaban J connectivity index is 1.74. The molecule has 0 saturated heterocycles. The zero-order valence-corrected chi connectivity index (χ0v) is 21.5. The van der Waals surface area contributed by atoms with Gasteiger partial charge in [-0.2, -0.15) is 0 Å². The van der Waals surface area contributed by atoms with Crippen LogP contribution in [0, 0.1) is 0 Å². The van der Waals surface area contributed by atoms with Gasteiger partial charge in [0, 0.05) is 17.7 Å². The lowest BCUT2D eigenvalue weighted by Gasteiger charge is -2.27. The highest BCUT2D eigenvalue weighted by molar-refractivity contribution is 6.18. The molecule has 0 fully saturated rings. The van der Waals surface area contributed by atoms with Crippen LogP contribution in [-0.2, 0) is 34.2 Å². The van der Waals surface area contributed by atoms with Crippen LogP contribution in [-0.4, -0.2) is 38.6 Å². The van der Waals surface area contributed by atoms with Crippen molar-refractivity contribution in [1.82, 2.24) is 0 Å². The van der Waals surface area contributed by atoms with E-state index in [1.54, 1.807) is 30.3 Å². The molecule has 1 amide bonds. The summed E-state index contributed by atoms with van der Waals surface area (Å²) in [6.45, 7) is 3.98. The third kappa shape index (κ3) is 3.36. The van der Waals surface area contributed by atoms with Crippen LogP contribution < -0.4 is 4.90 Å². The first kappa shape index (κ1) is 24.6. The monoisotopic (exact) mass is 519 g/mol. The van der Waals surface area contributed by atoms with E-state index in [0.717, 1.165) is 21.5 Å². The maximum absolute atomic E-state index is 14.3. The topological polar surface area (TPSA) is 82.1 Å². The molecule has 7 heteroatoms. The fourth-order valence-corrected chi connectivity index (χ4v) is 5.91. The van der Waals surface area contributed by atoms with Crippen LogP contribution in [0.1, 0.15) is 17.2 Å². The second kappa shape index (κ2) is 9.22. The number of hydrogen-bond donors (Lipinski definition) is 0.